The summed E-state index contributed by atoms with van der Waals surface area (Å²) in [4.78, 5) is 27.3. The molecule has 2 aromatic rings. The Morgan fingerprint density at radius 1 is 1.15 bits per heavy atom. The number of hydrogen-bond donors (Lipinski definition) is 2. The average Bonchev–Trinajstić information content (AvgIpc) is 2.68. The van der Waals surface area contributed by atoms with E-state index in [2.05, 4.69) is 30.5 Å². The van der Waals surface area contributed by atoms with Crippen molar-refractivity contribution < 1.29 is 9.53 Å². The number of ether oxygens (including phenoxy) is 1. The van der Waals surface area contributed by atoms with Crippen LogP contribution in [-0.2, 0) is 6.54 Å². The molecule has 1 aliphatic heterocycles. The Bertz CT molecular complexity index is 761. The van der Waals surface area contributed by atoms with Gasteiger partial charge >= 0.3 is 12.0 Å². The molecule has 1 fully saturated rings. The van der Waals surface area contributed by atoms with E-state index < -0.39 is 0 Å². The van der Waals surface area contributed by atoms with Crippen LogP contribution in [0.15, 0.2) is 24.3 Å². The van der Waals surface area contributed by atoms with E-state index in [1.165, 1.54) is 13.5 Å². The Labute approximate surface area is 153 Å². The van der Waals surface area contributed by atoms with E-state index in [-0.39, 0.29) is 18.6 Å². The number of methoxy groups -OCH3 is 1. The third kappa shape index (κ3) is 4.59. The fourth-order valence-corrected chi connectivity index (χ4v) is 2.83. The highest BCUT2D eigenvalue weighted by Crippen LogP contribution is 2.18. The normalized spacial score (nSPS) is 14.0. The maximum absolute atomic E-state index is 12.1. The number of aromatic nitrogens is 3. The zero-order chi connectivity index (χ0) is 18.4. The van der Waals surface area contributed by atoms with Crippen LogP contribution >= 0.6 is 0 Å². The number of piperidine rings is 1. The summed E-state index contributed by atoms with van der Waals surface area (Å²) in [5, 5.41) is 5.60. The quantitative estimate of drug-likeness (QED) is 0.855. The monoisotopic (exact) mass is 356 g/mol. The molecule has 8 nitrogen and oxygen atoms in total. The Balaban J connectivity index is 1.65. The Morgan fingerprint density at radius 3 is 2.65 bits per heavy atom. The van der Waals surface area contributed by atoms with Gasteiger partial charge in [0.2, 0.25) is 5.95 Å². The van der Waals surface area contributed by atoms with Gasteiger partial charge in [-0.1, -0.05) is 18.2 Å². The standard InChI is InChI=1S/C18H24N6O2/c1-13-8-4-5-9-14(13)20-17(25)19-12-15-21-16(23-18(22-15)26-2)24-10-6-3-7-11-24/h4-5,8-9H,3,6-7,10-12H2,1-2H3,(H2,19,20,25). The SMILES string of the molecule is COc1nc(CNC(=O)Nc2ccccc2C)nc(N2CCCCC2)n1. The first-order chi connectivity index (χ1) is 12.7. The van der Waals surface area contributed by atoms with Gasteiger partial charge in [-0.25, -0.2) is 4.79 Å². The number of anilines is 2. The van der Waals surface area contributed by atoms with Gasteiger partial charge in [0.1, 0.15) is 0 Å². The first-order valence-corrected chi connectivity index (χ1v) is 8.80. The van der Waals surface area contributed by atoms with Crippen molar-refractivity contribution in [3.05, 3.63) is 35.7 Å². The summed E-state index contributed by atoms with van der Waals surface area (Å²) in [6.45, 7) is 3.98. The summed E-state index contributed by atoms with van der Waals surface area (Å²) in [7, 11) is 1.53. The number of carbonyl (C=O) groups excluding carboxylic acids is 1. The maximum Gasteiger partial charge on any atom is 0.321 e. The zero-order valence-corrected chi connectivity index (χ0v) is 15.2. The van der Waals surface area contributed by atoms with Crippen LogP contribution in [0.1, 0.15) is 30.7 Å². The number of benzene rings is 1. The molecular formula is C18H24N6O2. The molecule has 2 amide bonds. The van der Waals surface area contributed by atoms with Gasteiger partial charge in [0.25, 0.3) is 0 Å². The number of aryl methyl sites for hydroxylation is 1. The van der Waals surface area contributed by atoms with E-state index in [0.717, 1.165) is 37.2 Å². The predicted molar refractivity (Wildman–Crippen MR) is 99.5 cm³/mol. The Hall–Kier alpha value is -2.90. The highest BCUT2D eigenvalue weighted by atomic mass is 16.5. The van der Waals surface area contributed by atoms with Gasteiger partial charge in [0.15, 0.2) is 5.82 Å². The number of nitrogens with zero attached hydrogens (tertiary/aromatic N) is 4. The summed E-state index contributed by atoms with van der Waals surface area (Å²) in [5.74, 6) is 1.07. The minimum Gasteiger partial charge on any atom is -0.467 e. The van der Waals surface area contributed by atoms with E-state index in [1.807, 2.05) is 31.2 Å². The molecule has 0 atom stereocenters. The van der Waals surface area contributed by atoms with E-state index in [9.17, 15) is 4.79 Å². The number of rotatable bonds is 5. The molecule has 1 saturated heterocycles. The number of urea groups is 1. The van der Waals surface area contributed by atoms with E-state index in [1.54, 1.807) is 0 Å². The molecule has 1 aliphatic rings. The number of para-hydroxylation sites is 1. The highest BCUT2D eigenvalue weighted by molar-refractivity contribution is 5.89. The fourth-order valence-electron chi connectivity index (χ4n) is 2.83. The zero-order valence-electron chi connectivity index (χ0n) is 15.2. The molecule has 0 unspecified atom stereocenters. The Kier molecular flexibility index (Phi) is 5.83. The summed E-state index contributed by atoms with van der Waals surface area (Å²) < 4.78 is 5.19. The number of amides is 2. The molecule has 3 rings (SSSR count). The summed E-state index contributed by atoms with van der Waals surface area (Å²) >= 11 is 0. The van der Waals surface area contributed by atoms with E-state index >= 15 is 0 Å². The lowest BCUT2D eigenvalue weighted by atomic mass is 10.1. The smallest absolute Gasteiger partial charge is 0.321 e. The second-order valence-corrected chi connectivity index (χ2v) is 6.21. The molecule has 0 saturated carbocycles. The largest absolute Gasteiger partial charge is 0.467 e. The van der Waals surface area contributed by atoms with Crippen LogP contribution in [0.5, 0.6) is 6.01 Å². The second kappa shape index (κ2) is 8.46. The minimum absolute atomic E-state index is 0.192. The topological polar surface area (TPSA) is 92.3 Å². The van der Waals surface area contributed by atoms with Crippen LogP contribution in [0.4, 0.5) is 16.4 Å². The fraction of sp³-hybridized carbons (Fsp3) is 0.444. The minimum atomic E-state index is -0.307. The lowest BCUT2D eigenvalue weighted by molar-refractivity contribution is 0.251. The lowest BCUT2D eigenvalue weighted by Gasteiger charge is -2.26. The predicted octanol–water partition coefficient (Wildman–Crippen LogP) is 2.50. The van der Waals surface area contributed by atoms with Crippen molar-refractivity contribution in [2.24, 2.45) is 0 Å². The van der Waals surface area contributed by atoms with Gasteiger partial charge in [0, 0.05) is 18.8 Å². The third-order valence-corrected chi connectivity index (χ3v) is 4.27. The maximum atomic E-state index is 12.1. The molecule has 1 aromatic carbocycles. The average molecular weight is 356 g/mol. The van der Waals surface area contributed by atoms with Gasteiger partial charge in [-0.15, -0.1) is 0 Å². The van der Waals surface area contributed by atoms with Crippen molar-refractivity contribution >= 4 is 17.7 Å². The number of nitrogens with one attached hydrogen (secondary N) is 2. The van der Waals surface area contributed by atoms with Gasteiger partial charge in [-0.2, -0.15) is 15.0 Å². The van der Waals surface area contributed by atoms with Gasteiger partial charge in [-0.05, 0) is 37.8 Å². The van der Waals surface area contributed by atoms with Crippen LogP contribution < -0.4 is 20.3 Å². The summed E-state index contributed by atoms with van der Waals surface area (Å²) in [6.07, 6.45) is 3.48. The molecule has 0 spiro atoms. The molecular weight excluding hydrogens is 332 g/mol. The Morgan fingerprint density at radius 2 is 1.92 bits per heavy atom. The third-order valence-electron chi connectivity index (χ3n) is 4.27. The van der Waals surface area contributed by atoms with Crippen LogP contribution in [0.25, 0.3) is 0 Å². The van der Waals surface area contributed by atoms with Gasteiger partial charge in [0.05, 0.1) is 13.7 Å². The van der Waals surface area contributed by atoms with Gasteiger partial charge in [-0.3, -0.25) is 0 Å². The number of hydrogen-bond acceptors (Lipinski definition) is 6. The highest BCUT2D eigenvalue weighted by Gasteiger charge is 2.17. The van der Waals surface area contributed by atoms with Crippen molar-refractivity contribution in [2.45, 2.75) is 32.7 Å². The molecule has 2 heterocycles. The van der Waals surface area contributed by atoms with Crippen molar-refractivity contribution in [1.29, 1.82) is 0 Å². The van der Waals surface area contributed by atoms with Crippen molar-refractivity contribution in [3.63, 3.8) is 0 Å². The van der Waals surface area contributed by atoms with E-state index in [4.69, 9.17) is 4.74 Å². The molecule has 0 bridgehead atoms. The first-order valence-electron chi connectivity index (χ1n) is 8.80. The number of carbonyl (C=O) groups is 1. The second-order valence-electron chi connectivity index (χ2n) is 6.21. The van der Waals surface area contributed by atoms with Crippen molar-refractivity contribution in [1.82, 2.24) is 20.3 Å². The molecule has 138 valence electrons. The first kappa shape index (κ1) is 17.9. The lowest BCUT2D eigenvalue weighted by Crippen LogP contribution is -2.32. The van der Waals surface area contributed by atoms with Crippen LogP contribution in [0, 0.1) is 6.92 Å². The summed E-state index contributed by atoms with van der Waals surface area (Å²) in [6, 6.07) is 7.56. The molecule has 8 heteroatoms. The van der Waals surface area contributed by atoms with Gasteiger partial charge < -0.3 is 20.3 Å². The molecule has 0 aliphatic carbocycles. The van der Waals surface area contributed by atoms with Crippen LogP contribution in [-0.4, -0.2) is 41.2 Å². The molecule has 1 aromatic heterocycles. The molecule has 0 radical (unpaired) electrons. The van der Waals surface area contributed by atoms with Crippen LogP contribution in [0.3, 0.4) is 0 Å². The van der Waals surface area contributed by atoms with Crippen molar-refractivity contribution in [2.75, 3.05) is 30.4 Å². The van der Waals surface area contributed by atoms with Crippen molar-refractivity contribution in [3.8, 4) is 6.01 Å². The van der Waals surface area contributed by atoms with E-state index in [0.29, 0.717) is 11.8 Å². The van der Waals surface area contributed by atoms with Crippen LogP contribution in [0.2, 0.25) is 0 Å². The summed E-state index contributed by atoms with van der Waals surface area (Å²) in [5.41, 5.74) is 1.77. The molecule has 2 N–H and O–H groups in total. The molecule has 26 heavy (non-hydrogen) atoms.